The molecule has 0 saturated carbocycles. The molecular formula is C16H20N2OS. The summed E-state index contributed by atoms with van der Waals surface area (Å²) in [5.41, 5.74) is 1.95. The molecule has 20 heavy (non-hydrogen) atoms. The van der Waals surface area contributed by atoms with Gasteiger partial charge in [0.15, 0.2) is 5.13 Å². The molecule has 1 atom stereocenters. The average Bonchev–Trinajstić information content (AvgIpc) is 2.97. The predicted octanol–water partition coefficient (Wildman–Crippen LogP) is 3.41. The number of aromatic nitrogens is 1. The van der Waals surface area contributed by atoms with Crippen molar-refractivity contribution in [1.29, 1.82) is 0 Å². The minimum absolute atomic E-state index is 0.465. The molecule has 3 nitrogen and oxygen atoms in total. The molecular weight excluding hydrogens is 268 g/mol. The number of anilines is 1. The lowest BCUT2D eigenvalue weighted by Crippen LogP contribution is -2.29. The van der Waals surface area contributed by atoms with E-state index >= 15 is 0 Å². The number of hydrogen-bond donors (Lipinski definition) is 1. The summed E-state index contributed by atoms with van der Waals surface area (Å²) in [7, 11) is 0. The summed E-state index contributed by atoms with van der Waals surface area (Å²) in [6.45, 7) is 2.24. The third kappa shape index (κ3) is 3.19. The van der Waals surface area contributed by atoms with E-state index in [4.69, 9.17) is 0 Å². The van der Waals surface area contributed by atoms with Gasteiger partial charge in [-0.3, -0.25) is 0 Å². The number of rotatable bonds is 4. The summed E-state index contributed by atoms with van der Waals surface area (Å²) in [4.78, 5) is 7.05. The van der Waals surface area contributed by atoms with Crippen LogP contribution in [0.3, 0.4) is 0 Å². The highest BCUT2D eigenvalue weighted by molar-refractivity contribution is 7.13. The van der Waals surface area contributed by atoms with Crippen LogP contribution in [0.5, 0.6) is 0 Å². The quantitative estimate of drug-likeness (QED) is 0.936. The van der Waals surface area contributed by atoms with Gasteiger partial charge in [-0.2, -0.15) is 0 Å². The number of piperidine rings is 1. The zero-order valence-corrected chi connectivity index (χ0v) is 12.4. The summed E-state index contributed by atoms with van der Waals surface area (Å²) < 4.78 is 0. The first-order chi connectivity index (χ1) is 9.83. The molecule has 0 spiro atoms. The van der Waals surface area contributed by atoms with E-state index in [-0.39, 0.29) is 0 Å². The molecule has 1 saturated heterocycles. The molecule has 1 unspecified atom stereocenters. The Morgan fingerprint density at radius 3 is 2.65 bits per heavy atom. The molecule has 3 rings (SSSR count). The van der Waals surface area contributed by atoms with Crippen LogP contribution < -0.4 is 4.90 Å². The number of hydrogen-bond acceptors (Lipinski definition) is 4. The largest absolute Gasteiger partial charge is 0.388 e. The Morgan fingerprint density at radius 2 is 1.90 bits per heavy atom. The van der Waals surface area contributed by atoms with E-state index in [1.807, 2.05) is 30.3 Å². The Balaban J connectivity index is 1.65. The fourth-order valence-electron chi connectivity index (χ4n) is 2.61. The molecule has 1 N–H and O–H groups in total. The van der Waals surface area contributed by atoms with Crippen LogP contribution in [0.25, 0.3) is 0 Å². The van der Waals surface area contributed by atoms with Gasteiger partial charge < -0.3 is 10.0 Å². The van der Waals surface area contributed by atoms with E-state index in [1.54, 1.807) is 11.3 Å². The Morgan fingerprint density at radius 1 is 1.15 bits per heavy atom. The highest BCUT2D eigenvalue weighted by Gasteiger charge is 2.16. The summed E-state index contributed by atoms with van der Waals surface area (Å²) in [5, 5.41) is 13.4. The maximum Gasteiger partial charge on any atom is 0.185 e. The number of thiazole rings is 1. The zero-order valence-electron chi connectivity index (χ0n) is 11.5. The van der Waals surface area contributed by atoms with Crippen molar-refractivity contribution < 1.29 is 5.11 Å². The Labute approximate surface area is 123 Å². The van der Waals surface area contributed by atoms with Gasteiger partial charge in [-0.25, -0.2) is 4.98 Å². The van der Waals surface area contributed by atoms with Crippen LogP contribution in [0, 0.1) is 0 Å². The monoisotopic (exact) mass is 288 g/mol. The second-order valence-electron chi connectivity index (χ2n) is 5.30. The molecule has 0 bridgehead atoms. The van der Waals surface area contributed by atoms with Crippen molar-refractivity contribution in [3.8, 4) is 0 Å². The van der Waals surface area contributed by atoms with Crippen LogP contribution >= 0.6 is 11.3 Å². The van der Waals surface area contributed by atoms with Crippen LogP contribution in [-0.2, 0) is 6.42 Å². The number of aliphatic hydroxyl groups is 1. The molecule has 0 aliphatic carbocycles. The van der Waals surface area contributed by atoms with Crippen LogP contribution in [0.4, 0.5) is 5.13 Å². The zero-order chi connectivity index (χ0) is 13.8. The van der Waals surface area contributed by atoms with Gasteiger partial charge in [0.05, 0.1) is 11.8 Å². The first-order valence-electron chi connectivity index (χ1n) is 7.25. The van der Waals surface area contributed by atoms with Crippen LogP contribution in [0.1, 0.15) is 36.6 Å². The van der Waals surface area contributed by atoms with E-state index in [2.05, 4.69) is 15.3 Å². The first-order valence-corrected chi connectivity index (χ1v) is 8.13. The second-order valence-corrected chi connectivity index (χ2v) is 6.14. The molecule has 0 amide bonds. The van der Waals surface area contributed by atoms with Crippen molar-refractivity contribution in [3.63, 3.8) is 0 Å². The van der Waals surface area contributed by atoms with Gasteiger partial charge in [0, 0.05) is 24.9 Å². The molecule has 106 valence electrons. The number of benzene rings is 1. The number of nitrogens with zero attached hydrogens (tertiary/aromatic N) is 2. The van der Waals surface area contributed by atoms with Crippen molar-refractivity contribution >= 4 is 16.5 Å². The van der Waals surface area contributed by atoms with Crippen LogP contribution in [0.2, 0.25) is 0 Å². The van der Waals surface area contributed by atoms with E-state index in [0.29, 0.717) is 6.42 Å². The SMILES string of the molecule is OC(Cc1csc(N2CCCCC2)n1)c1ccccc1. The first kappa shape index (κ1) is 13.6. The van der Waals surface area contributed by atoms with Gasteiger partial charge >= 0.3 is 0 Å². The Kier molecular flexibility index (Phi) is 4.33. The normalized spacial score (nSPS) is 17.1. The highest BCUT2D eigenvalue weighted by Crippen LogP contribution is 2.26. The van der Waals surface area contributed by atoms with E-state index < -0.39 is 6.10 Å². The molecule has 4 heteroatoms. The average molecular weight is 288 g/mol. The van der Waals surface area contributed by atoms with E-state index in [9.17, 15) is 5.11 Å². The second kappa shape index (κ2) is 6.37. The molecule has 1 aromatic carbocycles. The molecule has 1 fully saturated rings. The van der Waals surface area contributed by atoms with Crippen molar-refractivity contribution in [3.05, 3.63) is 47.0 Å². The van der Waals surface area contributed by atoms with Crippen molar-refractivity contribution in [2.24, 2.45) is 0 Å². The van der Waals surface area contributed by atoms with Gasteiger partial charge in [-0.05, 0) is 24.8 Å². The fraction of sp³-hybridized carbons (Fsp3) is 0.438. The lowest BCUT2D eigenvalue weighted by molar-refractivity contribution is 0.177. The smallest absolute Gasteiger partial charge is 0.185 e. The predicted molar refractivity (Wildman–Crippen MR) is 83.3 cm³/mol. The minimum atomic E-state index is -0.465. The van der Waals surface area contributed by atoms with Crippen molar-refractivity contribution in [2.45, 2.75) is 31.8 Å². The van der Waals surface area contributed by atoms with Crippen molar-refractivity contribution in [2.75, 3.05) is 18.0 Å². The Bertz CT molecular complexity index is 534. The lowest BCUT2D eigenvalue weighted by Gasteiger charge is -2.25. The van der Waals surface area contributed by atoms with E-state index in [1.165, 1.54) is 19.3 Å². The summed E-state index contributed by atoms with van der Waals surface area (Å²) in [5.74, 6) is 0. The molecule has 2 aromatic rings. The van der Waals surface area contributed by atoms with Gasteiger partial charge in [0.25, 0.3) is 0 Å². The molecule has 1 aliphatic heterocycles. The summed E-state index contributed by atoms with van der Waals surface area (Å²) in [6.07, 6.45) is 3.99. The van der Waals surface area contributed by atoms with Gasteiger partial charge in [-0.15, -0.1) is 11.3 Å². The van der Waals surface area contributed by atoms with Gasteiger partial charge in [0.2, 0.25) is 0 Å². The van der Waals surface area contributed by atoms with Crippen LogP contribution in [0.15, 0.2) is 35.7 Å². The third-order valence-electron chi connectivity index (χ3n) is 3.75. The maximum absolute atomic E-state index is 10.2. The standard InChI is InChI=1S/C16H20N2OS/c19-15(13-7-3-1-4-8-13)11-14-12-20-16(17-14)18-9-5-2-6-10-18/h1,3-4,7-8,12,15,19H,2,5-6,9-11H2. The topological polar surface area (TPSA) is 36.4 Å². The lowest BCUT2D eigenvalue weighted by atomic mass is 10.1. The van der Waals surface area contributed by atoms with Crippen molar-refractivity contribution in [1.82, 2.24) is 4.98 Å². The highest BCUT2D eigenvalue weighted by atomic mass is 32.1. The molecule has 2 heterocycles. The molecule has 0 radical (unpaired) electrons. The Hall–Kier alpha value is -1.39. The third-order valence-corrected chi connectivity index (χ3v) is 4.70. The summed E-state index contributed by atoms with van der Waals surface area (Å²) >= 11 is 1.70. The molecule has 1 aliphatic rings. The molecule has 1 aromatic heterocycles. The minimum Gasteiger partial charge on any atom is -0.388 e. The van der Waals surface area contributed by atoms with Gasteiger partial charge in [-0.1, -0.05) is 30.3 Å². The maximum atomic E-state index is 10.2. The summed E-state index contributed by atoms with van der Waals surface area (Å²) in [6, 6.07) is 9.80. The van der Waals surface area contributed by atoms with Crippen LogP contribution in [-0.4, -0.2) is 23.2 Å². The van der Waals surface area contributed by atoms with E-state index in [0.717, 1.165) is 29.5 Å². The fourth-order valence-corrected chi connectivity index (χ4v) is 3.50. The van der Waals surface area contributed by atoms with Gasteiger partial charge in [0.1, 0.15) is 0 Å². The number of aliphatic hydroxyl groups excluding tert-OH is 1.